The maximum Gasteiger partial charge on any atom is 0.170 e. The van der Waals surface area contributed by atoms with Crippen LogP contribution in [0.4, 0.5) is 4.39 Å². The minimum Gasteiger partial charge on any atom is -0.456 e. The highest BCUT2D eigenvalue weighted by atomic mass is 19.1. The maximum atomic E-state index is 13.8. The van der Waals surface area contributed by atoms with Gasteiger partial charge in [0.2, 0.25) is 0 Å². The lowest BCUT2D eigenvalue weighted by atomic mass is 10.1. The van der Waals surface area contributed by atoms with Gasteiger partial charge in [-0.1, -0.05) is 26.3 Å². The number of benzene rings is 1. The summed E-state index contributed by atoms with van der Waals surface area (Å²) in [6.07, 6.45) is 3.15. The van der Waals surface area contributed by atoms with Crippen LogP contribution in [0.3, 0.4) is 0 Å². The molecule has 1 unspecified atom stereocenters. The second-order valence-corrected chi connectivity index (χ2v) is 5.05. The first-order valence-corrected chi connectivity index (χ1v) is 7.09. The summed E-state index contributed by atoms with van der Waals surface area (Å²) in [5, 5.41) is 4.35. The molecule has 0 aliphatic rings. The Balaban J connectivity index is 2.37. The molecule has 1 aromatic heterocycles. The molecule has 1 heterocycles. The average molecular weight is 263 g/mol. The highest BCUT2D eigenvalue weighted by molar-refractivity contribution is 5.82. The number of rotatable bonds is 6. The second-order valence-electron chi connectivity index (χ2n) is 5.05. The van der Waals surface area contributed by atoms with E-state index in [9.17, 15) is 4.39 Å². The molecule has 0 bridgehead atoms. The number of fused-ring (bicyclic) bond motifs is 1. The van der Waals surface area contributed by atoms with Crippen LogP contribution in [0.25, 0.3) is 11.0 Å². The van der Waals surface area contributed by atoms with Crippen molar-refractivity contribution in [2.24, 2.45) is 0 Å². The summed E-state index contributed by atoms with van der Waals surface area (Å²) in [6.45, 7) is 7.21. The van der Waals surface area contributed by atoms with E-state index in [1.807, 2.05) is 13.0 Å². The molecule has 1 aromatic carbocycles. The van der Waals surface area contributed by atoms with Crippen LogP contribution in [0.5, 0.6) is 0 Å². The van der Waals surface area contributed by atoms with Crippen LogP contribution in [0.15, 0.2) is 22.6 Å². The Bertz CT molecular complexity index is 508. The number of furan rings is 1. The van der Waals surface area contributed by atoms with Crippen LogP contribution in [-0.2, 0) is 0 Å². The highest BCUT2D eigenvalue weighted by Crippen LogP contribution is 2.30. The zero-order valence-electron chi connectivity index (χ0n) is 11.9. The third kappa shape index (κ3) is 2.98. The number of nitrogens with one attached hydrogen (secondary N) is 1. The van der Waals surface area contributed by atoms with Crippen molar-refractivity contribution in [3.05, 3.63) is 35.3 Å². The molecule has 104 valence electrons. The Morgan fingerprint density at radius 2 is 2.05 bits per heavy atom. The van der Waals surface area contributed by atoms with Crippen LogP contribution in [0.1, 0.15) is 50.5 Å². The van der Waals surface area contributed by atoms with Gasteiger partial charge >= 0.3 is 0 Å². The molecule has 2 aromatic rings. The van der Waals surface area contributed by atoms with Gasteiger partial charge in [-0.3, -0.25) is 0 Å². The third-order valence-electron chi connectivity index (χ3n) is 3.43. The van der Waals surface area contributed by atoms with Gasteiger partial charge in [0.05, 0.1) is 6.04 Å². The fraction of sp³-hybridized carbons (Fsp3) is 0.500. The van der Waals surface area contributed by atoms with E-state index < -0.39 is 0 Å². The predicted molar refractivity (Wildman–Crippen MR) is 76.9 cm³/mol. The van der Waals surface area contributed by atoms with Crippen LogP contribution >= 0.6 is 0 Å². The number of hydrogen-bond donors (Lipinski definition) is 1. The van der Waals surface area contributed by atoms with E-state index in [4.69, 9.17) is 4.42 Å². The van der Waals surface area contributed by atoms with E-state index in [0.717, 1.165) is 42.5 Å². The fourth-order valence-electron chi connectivity index (χ4n) is 2.37. The molecule has 19 heavy (non-hydrogen) atoms. The summed E-state index contributed by atoms with van der Waals surface area (Å²) in [5.41, 5.74) is 1.44. The molecule has 0 saturated heterocycles. The van der Waals surface area contributed by atoms with Gasteiger partial charge in [0.1, 0.15) is 5.76 Å². The van der Waals surface area contributed by atoms with E-state index >= 15 is 0 Å². The average Bonchev–Trinajstić information content (AvgIpc) is 2.85. The van der Waals surface area contributed by atoms with Crippen molar-refractivity contribution in [1.29, 1.82) is 0 Å². The topological polar surface area (TPSA) is 25.2 Å². The first-order valence-electron chi connectivity index (χ1n) is 7.09. The molecule has 0 aliphatic heterocycles. The van der Waals surface area contributed by atoms with Gasteiger partial charge in [0.25, 0.3) is 0 Å². The molecule has 0 amide bonds. The molecule has 1 N–H and O–H groups in total. The Morgan fingerprint density at radius 3 is 2.68 bits per heavy atom. The standard InChI is InChI=1S/C16H22FNO/c1-4-6-14(18-9-5-2)15-10-12-11(3)7-8-13(17)16(12)19-15/h7-8,10,14,18H,4-6,9H2,1-3H3. The Kier molecular flexibility index (Phi) is 4.59. The lowest BCUT2D eigenvalue weighted by molar-refractivity contribution is 0.403. The van der Waals surface area contributed by atoms with Gasteiger partial charge in [-0.25, -0.2) is 4.39 Å². The van der Waals surface area contributed by atoms with Gasteiger partial charge in [-0.2, -0.15) is 0 Å². The van der Waals surface area contributed by atoms with Gasteiger partial charge < -0.3 is 9.73 Å². The minimum absolute atomic E-state index is 0.177. The summed E-state index contributed by atoms with van der Waals surface area (Å²) in [5.74, 6) is 0.566. The normalized spacial score (nSPS) is 13.1. The number of halogens is 1. The largest absolute Gasteiger partial charge is 0.456 e. The Hall–Kier alpha value is -1.35. The van der Waals surface area contributed by atoms with Crippen LogP contribution in [0, 0.1) is 12.7 Å². The molecular weight excluding hydrogens is 241 g/mol. The molecule has 3 heteroatoms. The molecule has 2 rings (SSSR count). The monoisotopic (exact) mass is 263 g/mol. The third-order valence-corrected chi connectivity index (χ3v) is 3.43. The van der Waals surface area contributed by atoms with Crippen molar-refractivity contribution in [2.45, 2.75) is 46.1 Å². The SMILES string of the molecule is CCCNC(CCC)c1cc2c(C)ccc(F)c2o1. The fourth-order valence-corrected chi connectivity index (χ4v) is 2.37. The second kappa shape index (κ2) is 6.20. The summed E-state index contributed by atoms with van der Waals surface area (Å²) in [7, 11) is 0. The molecule has 0 fully saturated rings. The van der Waals surface area contributed by atoms with Crippen molar-refractivity contribution in [1.82, 2.24) is 5.32 Å². The number of aryl methyl sites for hydroxylation is 1. The van der Waals surface area contributed by atoms with E-state index in [1.165, 1.54) is 6.07 Å². The molecule has 0 aliphatic carbocycles. The molecule has 0 spiro atoms. The predicted octanol–water partition coefficient (Wildman–Crippen LogP) is 4.72. The first kappa shape index (κ1) is 14.1. The van der Waals surface area contributed by atoms with Crippen molar-refractivity contribution in [2.75, 3.05) is 6.54 Å². The molecule has 0 radical (unpaired) electrons. The Labute approximate surface area is 114 Å². The first-order chi connectivity index (χ1) is 9.17. The summed E-state index contributed by atoms with van der Waals surface area (Å²) in [4.78, 5) is 0. The van der Waals surface area contributed by atoms with Crippen LogP contribution in [-0.4, -0.2) is 6.54 Å². The molecule has 0 saturated carbocycles. The summed E-state index contributed by atoms with van der Waals surface area (Å²) >= 11 is 0. The van der Waals surface area contributed by atoms with Gasteiger partial charge in [0.15, 0.2) is 11.4 Å². The quantitative estimate of drug-likeness (QED) is 0.815. The summed E-state index contributed by atoms with van der Waals surface area (Å²) in [6, 6.07) is 5.43. The molecule has 1 atom stereocenters. The molecule has 2 nitrogen and oxygen atoms in total. The Morgan fingerprint density at radius 1 is 1.26 bits per heavy atom. The summed E-state index contributed by atoms with van der Waals surface area (Å²) < 4.78 is 19.5. The van der Waals surface area contributed by atoms with Crippen molar-refractivity contribution in [3.63, 3.8) is 0 Å². The van der Waals surface area contributed by atoms with E-state index in [0.29, 0.717) is 5.58 Å². The van der Waals surface area contributed by atoms with E-state index in [-0.39, 0.29) is 11.9 Å². The lowest BCUT2D eigenvalue weighted by Gasteiger charge is -2.14. The van der Waals surface area contributed by atoms with E-state index in [2.05, 4.69) is 19.2 Å². The molecular formula is C16H22FNO. The highest BCUT2D eigenvalue weighted by Gasteiger charge is 2.17. The number of hydrogen-bond acceptors (Lipinski definition) is 2. The lowest BCUT2D eigenvalue weighted by Crippen LogP contribution is -2.21. The zero-order chi connectivity index (χ0) is 13.8. The maximum absolute atomic E-state index is 13.8. The van der Waals surface area contributed by atoms with Crippen molar-refractivity contribution in [3.8, 4) is 0 Å². The van der Waals surface area contributed by atoms with Crippen LogP contribution in [0.2, 0.25) is 0 Å². The van der Waals surface area contributed by atoms with E-state index in [1.54, 1.807) is 6.07 Å². The zero-order valence-corrected chi connectivity index (χ0v) is 11.9. The van der Waals surface area contributed by atoms with Crippen molar-refractivity contribution < 1.29 is 8.81 Å². The van der Waals surface area contributed by atoms with Crippen molar-refractivity contribution >= 4 is 11.0 Å². The van der Waals surface area contributed by atoms with Gasteiger partial charge in [-0.05, 0) is 44.0 Å². The van der Waals surface area contributed by atoms with Gasteiger partial charge in [0, 0.05) is 5.39 Å². The van der Waals surface area contributed by atoms with Gasteiger partial charge in [-0.15, -0.1) is 0 Å². The minimum atomic E-state index is -0.280. The van der Waals surface area contributed by atoms with Crippen LogP contribution < -0.4 is 5.32 Å². The smallest absolute Gasteiger partial charge is 0.170 e.